The summed E-state index contributed by atoms with van der Waals surface area (Å²) in [6, 6.07) is 0.420. The van der Waals surface area contributed by atoms with Gasteiger partial charge in [0.05, 0.1) is 5.75 Å². The van der Waals surface area contributed by atoms with Gasteiger partial charge >= 0.3 is 0 Å². The molecular weight excluding hydrogens is 254 g/mol. The van der Waals surface area contributed by atoms with Crippen LogP contribution in [-0.4, -0.2) is 23.0 Å². The predicted molar refractivity (Wildman–Crippen MR) is 83.4 cm³/mol. The predicted octanol–water partition coefficient (Wildman–Crippen LogP) is 3.99. The number of carbonyl (C=O) groups is 1. The largest absolute Gasteiger partial charge is 0.352 e. The first-order chi connectivity index (χ1) is 9.16. The molecule has 19 heavy (non-hydrogen) atoms. The molecule has 2 nitrogen and oxygen atoms in total. The Labute approximate surface area is 122 Å². The summed E-state index contributed by atoms with van der Waals surface area (Å²) in [6.07, 6.45) is 10.5. The van der Waals surface area contributed by atoms with Crippen molar-refractivity contribution < 1.29 is 4.79 Å². The van der Waals surface area contributed by atoms with Crippen molar-refractivity contribution in [2.24, 2.45) is 11.8 Å². The molecular formula is C16H29NOS. The number of amides is 1. The van der Waals surface area contributed by atoms with Crippen LogP contribution in [-0.2, 0) is 4.79 Å². The lowest BCUT2D eigenvalue weighted by atomic mass is 9.78. The lowest BCUT2D eigenvalue weighted by Gasteiger charge is -2.34. The normalized spacial score (nSPS) is 33.1. The van der Waals surface area contributed by atoms with Gasteiger partial charge in [0.15, 0.2) is 0 Å². The molecule has 0 bridgehead atoms. The van der Waals surface area contributed by atoms with E-state index in [9.17, 15) is 4.79 Å². The van der Waals surface area contributed by atoms with Gasteiger partial charge in [-0.2, -0.15) is 0 Å². The van der Waals surface area contributed by atoms with E-state index in [4.69, 9.17) is 0 Å². The molecule has 110 valence electrons. The molecule has 2 fully saturated rings. The lowest BCUT2D eigenvalue weighted by molar-refractivity contribution is -0.120. The van der Waals surface area contributed by atoms with Crippen LogP contribution in [0.2, 0.25) is 0 Å². The SMILES string of the molecule is C[C@@H]1[C@@H](NC(=O)CSC2CCCCC2)CCC[C@@H]1C. The number of hydrogen-bond acceptors (Lipinski definition) is 2. The van der Waals surface area contributed by atoms with Gasteiger partial charge in [-0.25, -0.2) is 0 Å². The van der Waals surface area contributed by atoms with Gasteiger partial charge in [0.1, 0.15) is 0 Å². The third kappa shape index (κ3) is 4.70. The topological polar surface area (TPSA) is 29.1 Å². The summed E-state index contributed by atoms with van der Waals surface area (Å²) in [5.41, 5.74) is 0. The van der Waals surface area contributed by atoms with Crippen molar-refractivity contribution in [1.82, 2.24) is 5.32 Å². The van der Waals surface area contributed by atoms with E-state index in [1.54, 1.807) is 0 Å². The Bertz CT molecular complexity index is 288. The van der Waals surface area contributed by atoms with Crippen LogP contribution in [0.15, 0.2) is 0 Å². The lowest BCUT2D eigenvalue weighted by Crippen LogP contribution is -2.44. The molecule has 0 aromatic rings. The second-order valence-electron chi connectivity index (χ2n) is 6.51. The van der Waals surface area contributed by atoms with Crippen LogP contribution in [0.1, 0.15) is 65.2 Å². The first kappa shape index (κ1) is 15.2. The smallest absolute Gasteiger partial charge is 0.230 e. The van der Waals surface area contributed by atoms with Crippen LogP contribution in [0.3, 0.4) is 0 Å². The van der Waals surface area contributed by atoms with E-state index in [1.165, 1.54) is 51.4 Å². The molecule has 3 heteroatoms. The molecule has 0 radical (unpaired) electrons. The molecule has 2 saturated carbocycles. The fourth-order valence-electron chi connectivity index (χ4n) is 3.46. The van der Waals surface area contributed by atoms with E-state index in [-0.39, 0.29) is 5.91 Å². The van der Waals surface area contributed by atoms with E-state index >= 15 is 0 Å². The highest BCUT2D eigenvalue weighted by molar-refractivity contribution is 8.00. The zero-order valence-electron chi connectivity index (χ0n) is 12.5. The Kier molecular flexibility index (Phi) is 6.06. The van der Waals surface area contributed by atoms with Crippen LogP contribution in [0.25, 0.3) is 0 Å². The molecule has 1 N–H and O–H groups in total. The van der Waals surface area contributed by atoms with Crippen molar-refractivity contribution >= 4 is 17.7 Å². The van der Waals surface area contributed by atoms with Gasteiger partial charge in [0.2, 0.25) is 5.91 Å². The third-order valence-electron chi connectivity index (χ3n) is 5.06. The van der Waals surface area contributed by atoms with Gasteiger partial charge < -0.3 is 5.32 Å². The van der Waals surface area contributed by atoms with Gasteiger partial charge in [0.25, 0.3) is 0 Å². The molecule has 2 aliphatic rings. The van der Waals surface area contributed by atoms with Crippen LogP contribution >= 0.6 is 11.8 Å². The van der Waals surface area contributed by atoms with E-state index in [1.807, 2.05) is 11.8 Å². The maximum absolute atomic E-state index is 12.1. The van der Waals surface area contributed by atoms with Crippen LogP contribution in [0, 0.1) is 11.8 Å². The first-order valence-corrected chi connectivity index (χ1v) is 9.12. The van der Waals surface area contributed by atoms with Crippen LogP contribution in [0.5, 0.6) is 0 Å². The van der Waals surface area contributed by atoms with Gasteiger partial charge in [-0.1, -0.05) is 46.0 Å². The summed E-state index contributed by atoms with van der Waals surface area (Å²) in [7, 11) is 0. The van der Waals surface area contributed by atoms with E-state index < -0.39 is 0 Å². The summed E-state index contributed by atoms with van der Waals surface area (Å²) in [5.74, 6) is 2.33. The Morgan fingerprint density at radius 3 is 2.53 bits per heavy atom. The molecule has 1 amide bonds. The van der Waals surface area contributed by atoms with Crippen molar-refractivity contribution in [3.8, 4) is 0 Å². The summed E-state index contributed by atoms with van der Waals surface area (Å²) < 4.78 is 0. The summed E-state index contributed by atoms with van der Waals surface area (Å²) in [5, 5.41) is 4.02. The summed E-state index contributed by atoms with van der Waals surface area (Å²) >= 11 is 1.88. The molecule has 0 spiro atoms. The maximum atomic E-state index is 12.1. The Morgan fingerprint density at radius 2 is 1.79 bits per heavy atom. The molecule has 2 aliphatic carbocycles. The minimum Gasteiger partial charge on any atom is -0.352 e. The number of thioether (sulfide) groups is 1. The Balaban J connectivity index is 1.68. The zero-order valence-corrected chi connectivity index (χ0v) is 13.3. The number of nitrogens with one attached hydrogen (secondary N) is 1. The molecule has 0 aromatic heterocycles. The van der Waals surface area contributed by atoms with Crippen molar-refractivity contribution in [3.63, 3.8) is 0 Å². The highest BCUT2D eigenvalue weighted by atomic mass is 32.2. The fraction of sp³-hybridized carbons (Fsp3) is 0.938. The molecule has 0 heterocycles. The third-order valence-corrected chi connectivity index (χ3v) is 6.43. The minimum absolute atomic E-state index is 0.265. The molecule has 0 aliphatic heterocycles. The van der Waals surface area contributed by atoms with Crippen LogP contribution < -0.4 is 5.32 Å². The standard InChI is InChI=1S/C16H29NOS/c1-12-7-6-10-15(13(12)2)17-16(18)11-19-14-8-4-3-5-9-14/h12-15H,3-11H2,1-2H3,(H,17,18)/t12-,13-,15-/m0/s1. The Hall–Kier alpha value is -0.180. The second kappa shape index (κ2) is 7.56. The molecule has 2 rings (SSSR count). The van der Waals surface area contributed by atoms with Crippen LogP contribution in [0.4, 0.5) is 0 Å². The molecule has 3 atom stereocenters. The summed E-state index contributed by atoms with van der Waals surface area (Å²) in [6.45, 7) is 4.61. The monoisotopic (exact) mass is 283 g/mol. The van der Waals surface area contributed by atoms with E-state index in [0.717, 1.165) is 11.2 Å². The van der Waals surface area contributed by atoms with Crippen molar-refractivity contribution in [3.05, 3.63) is 0 Å². The fourth-order valence-corrected chi connectivity index (χ4v) is 4.60. The first-order valence-electron chi connectivity index (χ1n) is 8.08. The van der Waals surface area contributed by atoms with Gasteiger partial charge in [-0.15, -0.1) is 11.8 Å². The van der Waals surface area contributed by atoms with Crippen molar-refractivity contribution in [2.75, 3.05) is 5.75 Å². The maximum Gasteiger partial charge on any atom is 0.230 e. The average Bonchev–Trinajstić information content (AvgIpc) is 2.43. The number of hydrogen-bond donors (Lipinski definition) is 1. The van der Waals surface area contributed by atoms with Gasteiger partial charge in [-0.3, -0.25) is 4.79 Å². The van der Waals surface area contributed by atoms with E-state index in [0.29, 0.717) is 17.7 Å². The summed E-state index contributed by atoms with van der Waals surface area (Å²) in [4.78, 5) is 12.1. The highest BCUT2D eigenvalue weighted by Crippen LogP contribution is 2.30. The molecule has 0 saturated heterocycles. The Morgan fingerprint density at radius 1 is 1.05 bits per heavy atom. The van der Waals surface area contributed by atoms with E-state index in [2.05, 4.69) is 19.2 Å². The molecule has 0 aromatic carbocycles. The highest BCUT2D eigenvalue weighted by Gasteiger charge is 2.28. The zero-order chi connectivity index (χ0) is 13.7. The second-order valence-corrected chi connectivity index (χ2v) is 7.80. The minimum atomic E-state index is 0.265. The number of rotatable bonds is 4. The van der Waals surface area contributed by atoms with Gasteiger partial charge in [0, 0.05) is 11.3 Å². The van der Waals surface area contributed by atoms with Crippen molar-refractivity contribution in [1.29, 1.82) is 0 Å². The van der Waals surface area contributed by atoms with Crippen molar-refractivity contribution in [2.45, 2.75) is 76.5 Å². The number of carbonyl (C=O) groups excluding carboxylic acids is 1. The quantitative estimate of drug-likeness (QED) is 0.845. The average molecular weight is 283 g/mol. The molecule has 0 unspecified atom stereocenters. The van der Waals surface area contributed by atoms with Gasteiger partial charge in [-0.05, 0) is 31.1 Å².